The van der Waals surface area contributed by atoms with Gasteiger partial charge in [0.05, 0.1) is 42.3 Å². The SMILES string of the molecule is CN(C)C(C(=O)N1CCC[C@H]1c1ncc(-c2ccc(-c3ccc(-c4cnc([C@@H]5CCCN5C(=O)Cc5cccnc5)[nH]4)cc3)cc2)[nH]1)c1ccccc1. The van der Waals surface area contributed by atoms with Crippen LogP contribution >= 0.6 is 0 Å². The number of benzene rings is 3. The van der Waals surface area contributed by atoms with E-state index in [-0.39, 0.29) is 29.9 Å². The largest absolute Gasteiger partial charge is 0.340 e. The number of carbonyl (C=O) groups excluding carboxylic acids is 2. The summed E-state index contributed by atoms with van der Waals surface area (Å²) in [4.78, 5) is 53.6. The summed E-state index contributed by atoms with van der Waals surface area (Å²) < 4.78 is 0. The minimum absolute atomic E-state index is 0.0497. The van der Waals surface area contributed by atoms with E-state index in [2.05, 4.69) is 63.5 Å². The molecule has 10 nitrogen and oxygen atoms in total. The Morgan fingerprint density at radius 3 is 1.79 bits per heavy atom. The van der Waals surface area contributed by atoms with Crippen molar-refractivity contribution in [3.8, 4) is 33.6 Å². The number of aromatic amines is 2. The molecule has 3 aromatic heterocycles. The maximum atomic E-state index is 13.9. The van der Waals surface area contributed by atoms with Crippen LogP contribution in [0.2, 0.25) is 0 Å². The highest BCUT2D eigenvalue weighted by Crippen LogP contribution is 2.36. The zero-order valence-corrected chi connectivity index (χ0v) is 30.2. The van der Waals surface area contributed by atoms with Crippen molar-refractivity contribution in [2.24, 2.45) is 0 Å². The third-order valence-corrected chi connectivity index (χ3v) is 10.6. The molecule has 0 spiro atoms. The van der Waals surface area contributed by atoms with Gasteiger partial charge in [0.25, 0.3) is 0 Å². The van der Waals surface area contributed by atoms with Gasteiger partial charge in [0, 0.05) is 25.5 Å². The second-order valence-electron chi connectivity index (χ2n) is 14.3. The van der Waals surface area contributed by atoms with Gasteiger partial charge in [-0.1, -0.05) is 84.9 Å². The molecule has 5 heterocycles. The number of hydrogen-bond donors (Lipinski definition) is 2. The van der Waals surface area contributed by atoms with Crippen molar-refractivity contribution >= 4 is 11.8 Å². The molecule has 268 valence electrons. The lowest BCUT2D eigenvalue weighted by molar-refractivity contribution is -0.137. The van der Waals surface area contributed by atoms with Gasteiger partial charge in [-0.25, -0.2) is 9.97 Å². The first kappa shape index (κ1) is 34.2. The van der Waals surface area contributed by atoms with Crippen molar-refractivity contribution in [3.63, 3.8) is 0 Å². The Bertz CT molecular complexity index is 2160. The van der Waals surface area contributed by atoms with Crippen molar-refractivity contribution in [2.75, 3.05) is 27.2 Å². The Morgan fingerprint density at radius 1 is 0.698 bits per heavy atom. The standard InChI is InChI=1S/C43H44N8O2/c1-49(2)40(34-10-4-3-5-11-34)43(53)51-24-8-13-38(51)42-46-28-36(48-42)33-20-16-31(17-21-33)30-14-18-32(19-15-30)35-27-45-41(47-35)37-12-7-23-50(37)39(52)25-29-9-6-22-44-26-29/h3-6,9-11,14-22,26-28,37-38,40H,7-8,12-13,23-25H2,1-2H3,(H,45,47)(H,46,48)/t37-,38-,40?/m0/s1. The first-order valence-corrected chi connectivity index (χ1v) is 18.4. The molecule has 53 heavy (non-hydrogen) atoms. The van der Waals surface area contributed by atoms with E-state index >= 15 is 0 Å². The van der Waals surface area contributed by atoms with Crippen LogP contribution in [0.25, 0.3) is 33.6 Å². The first-order valence-electron chi connectivity index (χ1n) is 18.4. The number of H-pyrrole nitrogens is 2. The fourth-order valence-corrected chi connectivity index (χ4v) is 7.89. The predicted octanol–water partition coefficient (Wildman–Crippen LogP) is 7.40. The molecular weight excluding hydrogens is 661 g/mol. The molecule has 2 fully saturated rings. The summed E-state index contributed by atoms with van der Waals surface area (Å²) >= 11 is 0. The Morgan fingerprint density at radius 2 is 1.25 bits per heavy atom. The number of pyridine rings is 1. The normalized spacial score (nSPS) is 17.8. The molecular formula is C43H44N8O2. The second-order valence-corrected chi connectivity index (χ2v) is 14.3. The third kappa shape index (κ3) is 7.15. The van der Waals surface area contributed by atoms with Crippen molar-refractivity contribution < 1.29 is 9.59 Å². The lowest BCUT2D eigenvalue weighted by Gasteiger charge is -2.31. The number of hydrogen-bond acceptors (Lipinski definition) is 6. The number of rotatable bonds is 10. The molecule has 2 N–H and O–H groups in total. The minimum atomic E-state index is -0.340. The van der Waals surface area contributed by atoms with Crippen LogP contribution in [0.1, 0.15) is 66.6 Å². The van der Waals surface area contributed by atoms with Crippen molar-refractivity contribution in [1.82, 2.24) is 39.6 Å². The van der Waals surface area contributed by atoms with Crippen LogP contribution in [-0.4, -0.2) is 78.6 Å². The molecule has 8 rings (SSSR count). The lowest BCUT2D eigenvalue weighted by Crippen LogP contribution is -2.40. The van der Waals surface area contributed by atoms with Crippen LogP contribution in [0, 0.1) is 0 Å². The van der Waals surface area contributed by atoms with Crippen LogP contribution in [0.15, 0.2) is 116 Å². The highest BCUT2D eigenvalue weighted by atomic mass is 16.2. The van der Waals surface area contributed by atoms with E-state index in [0.29, 0.717) is 6.42 Å². The molecule has 2 aliphatic heterocycles. The summed E-state index contributed by atoms with van der Waals surface area (Å²) in [6, 6.07) is 30.3. The Labute approximate surface area is 309 Å². The van der Waals surface area contributed by atoms with Gasteiger partial charge in [-0.05, 0) is 79.2 Å². The lowest BCUT2D eigenvalue weighted by atomic mass is 10.0. The van der Waals surface area contributed by atoms with E-state index < -0.39 is 0 Å². The quantitative estimate of drug-likeness (QED) is 0.154. The fraction of sp³-hybridized carbons (Fsp3) is 0.279. The van der Waals surface area contributed by atoms with Gasteiger partial charge in [0.15, 0.2) is 0 Å². The Hall–Kier alpha value is -5.87. The number of amides is 2. The minimum Gasteiger partial charge on any atom is -0.340 e. The smallest absolute Gasteiger partial charge is 0.245 e. The van der Waals surface area contributed by atoms with E-state index in [0.717, 1.165) is 95.2 Å². The first-order chi connectivity index (χ1) is 25.9. The Kier molecular flexibility index (Phi) is 9.69. The summed E-state index contributed by atoms with van der Waals surface area (Å²) in [6.07, 6.45) is 11.2. The van der Waals surface area contributed by atoms with E-state index in [1.165, 1.54) is 0 Å². The highest BCUT2D eigenvalue weighted by Gasteiger charge is 2.37. The molecule has 2 amide bonds. The maximum Gasteiger partial charge on any atom is 0.245 e. The van der Waals surface area contributed by atoms with E-state index in [1.807, 2.05) is 83.7 Å². The van der Waals surface area contributed by atoms with E-state index in [4.69, 9.17) is 9.97 Å². The van der Waals surface area contributed by atoms with Crippen LogP contribution in [0.4, 0.5) is 0 Å². The molecule has 3 atom stereocenters. The molecule has 2 saturated heterocycles. The Balaban J connectivity index is 0.921. The average Bonchev–Trinajstić information content (AvgIpc) is 4.03. The second kappa shape index (κ2) is 15.0. The maximum absolute atomic E-state index is 13.9. The molecule has 6 aromatic rings. The summed E-state index contributed by atoms with van der Waals surface area (Å²) in [6.45, 7) is 1.46. The van der Waals surface area contributed by atoms with Gasteiger partial charge < -0.3 is 19.8 Å². The molecule has 0 bridgehead atoms. The van der Waals surface area contributed by atoms with Crippen molar-refractivity contribution in [2.45, 2.75) is 50.2 Å². The molecule has 1 unspecified atom stereocenters. The molecule has 2 aliphatic rings. The number of likely N-dealkylation sites (tertiary alicyclic amines) is 2. The van der Waals surface area contributed by atoms with Crippen LogP contribution in [0.5, 0.6) is 0 Å². The van der Waals surface area contributed by atoms with Crippen molar-refractivity contribution in [3.05, 3.63) is 139 Å². The number of nitrogens with zero attached hydrogens (tertiary/aromatic N) is 6. The van der Waals surface area contributed by atoms with E-state index in [9.17, 15) is 9.59 Å². The van der Waals surface area contributed by atoms with Crippen LogP contribution in [-0.2, 0) is 16.0 Å². The molecule has 3 aromatic carbocycles. The summed E-state index contributed by atoms with van der Waals surface area (Å²) in [5.74, 6) is 1.87. The number of imidazole rings is 2. The van der Waals surface area contributed by atoms with Gasteiger partial charge >= 0.3 is 0 Å². The average molecular weight is 705 g/mol. The topological polar surface area (TPSA) is 114 Å². The monoisotopic (exact) mass is 704 g/mol. The molecule has 0 saturated carbocycles. The molecule has 0 radical (unpaired) electrons. The summed E-state index contributed by atoms with van der Waals surface area (Å²) in [7, 11) is 3.92. The fourth-order valence-electron chi connectivity index (χ4n) is 7.89. The summed E-state index contributed by atoms with van der Waals surface area (Å²) in [5, 5.41) is 0. The van der Waals surface area contributed by atoms with Crippen molar-refractivity contribution in [1.29, 1.82) is 0 Å². The highest BCUT2D eigenvalue weighted by molar-refractivity contribution is 5.84. The van der Waals surface area contributed by atoms with Gasteiger partial charge in [-0.15, -0.1) is 0 Å². The zero-order chi connectivity index (χ0) is 36.3. The number of nitrogens with one attached hydrogen (secondary N) is 2. The van der Waals surface area contributed by atoms with Gasteiger partial charge in [0.1, 0.15) is 17.7 Å². The predicted molar refractivity (Wildman–Crippen MR) is 205 cm³/mol. The number of carbonyl (C=O) groups is 2. The molecule has 0 aliphatic carbocycles. The van der Waals surface area contributed by atoms with Crippen LogP contribution in [0.3, 0.4) is 0 Å². The van der Waals surface area contributed by atoms with Gasteiger partial charge in [0.2, 0.25) is 11.8 Å². The number of likely N-dealkylation sites (N-methyl/N-ethyl adjacent to an activating group) is 1. The van der Waals surface area contributed by atoms with Gasteiger partial charge in [-0.3, -0.25) is 19.5 Å². The van der Waals surface area contributed by atoms with Crippen LogP contribution < -0.4 is 0 Å². The number of aromatic nitrogens is 5. The molecule has 10 heteroatoms. The van der Waals surface area contributed by atoms with E-state index in [1.54, 1.807) is 12.4 Å². The third-order valence-electron chi connectivity index (χ3n) is 10.6. The van der Waals surface area contributed by atoms with Gasteiger partial charge in [-0.2, -0.15) is 0 Å². The zero-order valence-electron chi connectivity index (χ0n) is 30.2. The summed E-state index contributed by atoms with van der Waals surface area (Å²) in [5.41, 5.74) is 8.10.